The maximum absolute atomic E-state index is 14.1. The highest BCUT2D eigenvalue weighted by atomic mass is 35.5. The van der Waals surface area contributed by atoms with Crippen molar-refractivity contribution in [3.8, 4) is 0 Å². The zero-order chi connectivity index (χ0) is 28.7. The first-order valence-corrected chi connectivity index (χ1v) is 15.2. The summed E-state index contributed by atoms with van der Waals surface area (Å²) in [6.07, 6.45) is 1.21. The molecule has 0 unspecified atom stereocenters. The summed E-state index contributed by atoms with van der Waals surface area (Å²) in [7, 11) is -3.92. The molecule has 1 N–H and O–H groups in total. The smallest absolute Gasteiger partial charge is 0.244 e. The number of benzene rings is 3. The number of nitrogens with zero attached hydrogens (tertiary/aromatic N) is 2. The van der Waals surface area contributed by atoms with Gasteiger partial charge in [-0.2, -0.15) is 0 Å². The summed E-state index contributed by atoms with van der Waals surface area (Å²) < 4.78 is 26.8. The number of nitrogens with one attached hydrogen (secondary N) is 1. The number of hydrogen-bond acceptors (Lipinski definition) is 4. The first-order valence-electron chi connectivity index (χ1n) is 12.2. The lowest BCUT2D eigenvalue weighted by atomic mass is 10.0. The average Bonchev–Trinajstić information content (AvgIpc) is 2.87. The van der Waals surface area contributed by atoms with Gasteiger partial charge in [0.15, 0.2) is 0 Å². The van der Waals surface area contributed by atoms with Crippen LogP contribution in [-0.4, -0.2) is 50.5 Å². The van der Waals surface area contributed by atoms with Crippen molar-refractivity contribution in [2.45, 2.75) is 32.9 Å². The molecule has 0 saturated carbocycles. The molecule has 0 aliphatic carbocycles. The number of sulfonamides is 1. The highest BCUT2D eigenvalue weighted by Crippen LogP contribution is 2.29. The van der Waals surface area contributed by atoms with Crippen LogP contribution in [0.3, 0.4) is 0 Å². The van der Waals surface area contributed by atoms with Crippen LogP contribution in [0, 0.1) is 6.92 Å². The second-order valence-corrected chi connectivity index (χ2v) is 12.2. The Morgan fingerprint density at radius 3 is 2.18 bits per heavy atom. The topological polar surface area (TPSA) is 86.8 Å². The van der Waals surface area contributed by atoms with Gasteiger partial charge in [-0.05, 0) is 49.2 Å². The Hall–Kier alpha value is -2.78. The monoisotopic (exact) mass is 609 g/mol. The lowest BCUT2D eigenvalue weighted by molar-refractivity contribution is -0.140. The van der Waals surface area contributed by atoms with Gasteiger partial charge in [0.1, 0.15) is 12.6 Å². The molecule has 7 nitrogen and oxygen atoms in total. The fraction of sp³-hybridized carbons (Fsp3) is 0.286. The van der Waals surface area contributed by atoms with Crippen molar-refractivity contribution in [3.05, 3.63) is 98.5 Å². The van der Waals surface area contributed by atoms with E-state index in [0.717, 1.165) is 16.1 Å². The number of aryl methyl sites for hydroxylation is 1. The number of anilines is 1. The molecule has 0 saturated heterocycles. The van der Waals surface area contributed by atoms with Crippen molar-refractivity contribution >= 4 is 62.3 Å². The Morgan fingerprint density at radius 2 is 1.59 bits per heavy atom. The molecule has 1 atom stereocenters. The lowest BCUT2D eigenvalue weighted by Crippen LogP contribution is -2.53. The second kappa shape index (κ2) is 13.5. The SMILES string of the molecule is CCNC(=O)[C@H](Cc1ccccc1)N(Cc1c(Cl)cccc1Cl)C(=O)CN(c1cc(Cl)ccc1C)S(C)(=O)=O. The van der Waals surface area contributed by atoms with E-state index in [-0.39, 0.29) is 24.6 Å². The van der Waals surface area contributed by atoms with Crippen molar-refractivity contribution in [2.75, 3.05) is 23.7 Å². The predicted molar refractivity (Wildman–Crippen MR) is 158 cm³/mol. The second-order valence-electron chi connectivity index (χ2n) is 9.02. The molecular formula is C28H30Cl3N3O4S. The number of carbonyl (C=O) groups is 2. The molecule has 0 fully saturated rings. The van der Waals surface area contributed by atoms with Gasteiger partial charge in [0.25, 0.3) is 0 Å². The molecule has 208 valence electrons. The number of amides is 2. The molecule has 0 aromatic heterocycles. The van der Waals surface area contributed by atoms with Crippen molar-refractivity contribution in [3.63, 3.8) is 0 Å². The third-order valence-corrected chi connectivity index (χ3v) is 8.20. The van der Waals surface area contributed by atoms with Gasteiger partial charge in [0.2, 0.25) is 21.8 Å². The summed E-state index contributed by atoms with van der Waals surface area (Å²) in [6.45, 7) is 3.17. The van der Waals surface area contributed by atoms with Crippen LogP contribution in [0.15, 0.2) is 66.7 Å². The fourth-order valence-corrected chi connectivity index (χ4v) is 5.73. The fourth-order valence-electron chi connectivity index (χ4n) is 4.15. The van der Waals surface area contributed by atoms with Gasteiger partial charge in [-0.3, -0.25) is 13.9 Å². The molecule has 3 aromatic carbocycles. The standard InChI is InChI=1S/C28H30Cl3N3O4S/c1-4-32-28(36)26(15-20-9-6-5-7-10-20)33(17-22-23(30)11-8-12-24(22)31)27(35)18-34(39(3,37)38)25-16-21(29)14-13-19(25)2/h5-14,16,26H,4,15,17-18H2,1-3H3,(H,32,36)/t26-/m0/s1. The lowest BCUT2D eigenvalue weighted by Gasteiger charge is -2.34. The zero-order valence-electron chi connectivity index (χ0n) is 21.8. The van der Waals surface area contributed by atoms with Gasteiger partial charge in [0.05, 0.1) is 11.9 Å². The van der Waals surface area contributed by atoms with Crippen LogP contribution in [-0.2, 0) is 32.6 Å². The molecule has 0 spiro atoms. The normalized spacial score (nSPS) is 12.1. The largest absolute Gasteiger partial charge is 0.355 e. The van der Waals surface area contributed by atoms with Gasteiger partial charge in [-0.15, -0.1) is 0 Å². The molecule has 3 rings (SSSR count). The molecule has 3 aromatic rings. The third-order valence-electron chi connectivity index (χ3n) is 6.13. The molecule has 39 heavy (non-hydrogen) atoms. The molecule has 0 bridgehead atoms. The summed E-state index contributed by atoms with van der Waals surface area (Å²) in [6, 6.07) is 18.0. The van der Waals surface area contributed by atoms with E-state index in [4.69, 9.17) is 34.8 Å². The minimum Gasteiger partial charge on any atom is -0.355 e. The predicted octanol–water partition coefficient (Wildman–Crippen LogP) is 5.50. The minimum atomic E-state index is -3.92. The van der Waals surface area contributed by atoms with Crippen LogP contribution in [0.4, 0.5) is 5.69 Å². The van der Waals surface area contributed by atoms with Crippen molar-refractivity contribution in [1.82, 2.24) is 10.2 Å². The third kappa shape index (κ3) is 8.11. The number of rotatable bonds is 11. The van der Waals surface area contributed by atoms with E-state index in [9.17, 15) is 18.0 Å². The van der Waals surface area contributed by atoms with Gasteiger partial charge in [-0.1, -0.05) is 77.3 Å². The first-order chi connectivity index (χ1) is 18.4. The number of likely N-dealkylation sites (N-methyl/N-ethyl adjacent to an activating group) is 1. The Labute approximate surface area is 244 Å². The molecule has 0 aliphatic heterocycles. The Morgan fingerprint density at radius 1 is 0.949 bits per heavy atom. The van der Waals surface area contributed by atoms with Gasteiger partial charge >= 0.3 is 0 Å². The van der Waals surface area contributed by atoms with Crippen LogP contribution in [0.1, 0.15) is 23.6 Å². The van der Waals surface area contributed by atoms with E-state index < -0.39 is 28.5 Å². The zero-order valence-corrected chi connectivity index (χ0v) is 24.9. The highest BCUT2D eigenvalue weighted by Gasteiger charge is 2.34. The van der Waals surface area contributed by atoms with Crippen molar-refractivity contribution < 1.29 is 18.0 Å². The van der Waals surface area contributed by atoms with Crippen LogP contribution in [0.5, 0.6) is 0 Å². The van der Waals surface area contributed by atoms with Gasteiger partial charge in [0, 0.05) is 40.1 Å². The number of halogens is 3. The summed E-state index contributed by atoms with van der Waals surface area (Å²) >= 11 is 19.1. The van der Waals surface area contributed by atoms with Crippen molar-refractivity contribution in [2.24, 2.45) is 0 Å². The number of hydrogen-bond donors (Lipinski definition) is 1. The van der Waals surface area contributed by atoms with Gasteiger partial charge < -0.3 is 10.2 Å². The Bertz CT molecular complexity index is 1410. The van der Waals surface area contributed by atoms with Crippen molar-refractivity contribution in [1.29, 1.82) is 0 Å². The van der Waals surface area contributed by atoms with E-state index in [0.29, 0.717) is 32.7 Å². The van der Waals surface area contributed by atoms with Crippen LogP contribution < -0.4 is 9.62 Å². The molecule has 11 heteroatoms. The summed E-state index contributed by atoms with van der Waals surface area (Å²) in [5.41, 5.74) is 2.15. The maximum atomic E-state index is 14.1. The Balaban J connectivity index is 2.11. The van der Waals surface area contributed by atoms with E-state index in [1.54, 1.807) is 44.2 Å². The minimum absolute atomic E-state index is 0.113. The molecule has 2 amide bonds. The summed E-state index contributed by atoms with van der Waals surface area (Å²) in [5.74, 6) is -0.995. The van der Waals surface area contributed by atoms with Gasteiger partial charge in [-0.25, -0.2) is 8.42 Å². The van der Waals surface area contributed by atoms with Crippen LogP contribution in [0.25, 0.3) is 0 Å². The Kier molecular flexibility index (Phi) is 10.7. The summed E-state index contributed by atoms with van der Waals surface area (Å²) in [4.78, 5) is 28.8. The highest BCUT2D eigenvalue weighted by molar-refractivity contribution is 7.92. The van der Waals surface area contributed by atoms with E-state index in [1.807, 2.05) is 30.3 Å². The van der Waals surface area contributed by atoms with Crippen LogP contribution >= 0.6 is 34.8 Å². The molecular weight excluding hydrogens is 581 g/mol. The first kappa shape index (κ1) is 30.8. The van der Waals surface area contributed by atoms with Crippen LogP contribution in [0.2, 0.25) is 15.1 Å². The molecule has 0 radical (unpaired) electrons. The maximum Gasteiger partial charge on any atom is 0.244 e. The number of carbonyl (C=O) groups excluding carboxylic acids is 2. The van der Waals surface area contributed by atoms with E-state index in [2.05, 4.69) is 5.32 Å². The average molecular weight is 611 g/mol. The summed E-state index contributed by atoms with van der Waals surface area (Å²) in [5, 5.41) is 3.76. The van der Waals surface area contributed by atoms with E-state index >= 15 is 0 Å². The molecule has 0 heterocycles. The van der Waals surface area contributed by atoms with E-state index in [1.165, 1.54) is 11.0 Å². The molecule has 0 aliphatic rings. The quantitative estimate of drug-likeness (QED) is 0.311.